The van der Waals surface area contributed by atoms with Gasteiger partial charge < -0.3 is 5.32 Å². The molecule has 0 amide bonds. The Kier molecular flexibility index (Phi) is 5.86. The summed E-state index contributed by atoms with van der Waals surface area (Å²) in [6.45, 7) is 12.9. The molecular weight excluding hydrogens is 290 g/mol. The molecule has 0 fully saturated rings. The molecule has 1 aromatic heterocycles. The van der Waals surface area contributed by atoms with Gasteiger partial charge in [0.15, 0.2) is 0 Å². The molecule has 3 nitrogen and oxygen atoms in total. The van der Waals surface area contributed by atoms with Crippen molar-refractivity contribution < 1.29 is 0 Å². The van der Waals surface area contributed by atoms with Crippen LogP contribution in [-0.2, 0) is 19.4 Å². The minimum atomic E-state index is 0.205. The maximum absolute atomic E-state index is 4.62. The molecule has 0 spiro atoms. The number of aromatic nitrogens is 2. The van der Waals surface area contributed by atoms with E-state index in [0.29, 0.717) is 0 Å². The van der Waals surface area contributed by atoms with Crippen molar-refractivity contribution in [3.8, 4) is 0 Å². The van der Waals surface area contributed by atoms with Crippen molar-refractivity contribution in [3.63, 3.8) is 0 Å². The molecule has 4 heteroatoms. The van der Waals surface area contributed by atoms with E-state index in [-0.39, 0.29) is 5.54 Å². The van der Waals surface area contributed by atoms with Crippen molar-refractivity contribution in [1.82, 2.24) is 15.1 Å². The van der Waals surface area contributed by atoms with Crippen LogP contribution < -0.4 is 5.32 Å². The van der Waals surface area contributed by atoms with Gasteiger partial charge in [-0.05, 0) is 69.4 Å². The highest BCUT2D eigenvalue weighted by atomic mass is 79.9. The fourth-order valence-electron chi connectivity index (χ4n) is 1.98. The second-order valence-electron chi connectivity index (χ2n) is 5.66. The number of hydrogen-bond donors (Lipinski definition) is 1. The Hall–Kier alpha value is -0.350. The van der Waals surface area contributed by atoms with Crippen molar-refractivity contribution in [3.05, 3.63) is 15.9 Å². The topological polar surface area (TPSA) is 29.9 Å². The van der Waals surface area contributed by atoms with Crippen LogP contribution in [0.15, 0.2) is 4.47 Å². The number of hydrogen-bond acceptors (Lipinski definition) is 2. The molecule has 0 saturated heterocycles. The highest BCUT2D eigenvalue weighted by Gasteiger charge is 2.14. The minimum Gasteiger partial charge on any atom is -0.312 e. The molecule has 0 aliphatic heterocycles. The average molecular weight is 316 g/mol. The number of halogens is 1. The van der Waals surface area contributed by atoms with E-state index in [1.165, 1.54) is 15.9 Å². The SMILES string of the molecule is CCc1nn(CC)c(CCCNC(C)(C)C)c1Br. The molecule has 18 heavy (non-hydrogen) atoms. The van der Waals surface area contributed by atoms with E-state index in [0.717, 1.165) is 32.4 Å². The van der Waals surface area contributed by atoms with Gasteiger partial charge in [0.05, 0.1) is 15.9 Å². The minimum absolute atomic E-state index is 0.205. The van der Waals surface area contributed by atoms with Crippen molar-refractivity contribution >= 4 is 15.9 Å². The van der Waals surface area contributed by atoms with Gasteiger partial charge in [0.1, 0.15) is 0 Å². The Morgan fingerprint density at radius 1 is 1.28 bits per heavy atom. The summed E-state index contributed by atoms with van der Waals surface area (Å²) < 4.78 is 3.34. The summed E-state index contributed by atoms with van der Waals surface area (Å²) in [5.41, 5.74) is 2.72. The highest BCUT2D eigenvalue weighted by Crippen LogP contribution is 2.23. The maximum Gasteiger partial charge on any atom is 0.0766 e. The van der Waals surface area contributed by atoms with Crippen LogP contribution in [0.2, 0.25) is 0 Å². The first-order valence-corrected chi connectivity index (χ1v) is 7.67. The molecule has 0 radical (unpaired) electrons. The summed E-state index contributed by atoms with van der Waals surface area (Å²) in [6.07, 6.45) is 3.20. The lowest BCUT2D eigenvalue weighted by molar-refractivity contribution is 0.420. The quantitative estimate of drug-likeness (QED) is 0.814. The monoisotopic (exact) mass is 315 g/mol. The molecule has 0 aliphatic rings. The van der Waals surface area contributed by atoms with E-state index in [4.69, 9.17) is 0 Å². The number of nitrogens with one attached hydrogen (secondary N) is 1. The standard InChI is InChI=1S/C14H26BrN3/c1-6-11-13(15)12(18(7-2)17-11)9-8-10-16-14(3,4)5/h16H,6-10H2,1-5H3. The Balaban J connectivity index is 2.58. The molecule has 0 saturated carbocycles. The van der Waals surface area contributed by atoms with Gasteiger partial charge in [-0.1, -0.05) is 6.92 Å². The normalized spacial score (nSPS) is 12.1. The van der Waals surface area contributed by atoms with Gasteiger partial charge in [-0.25, -0.2) is 0 Å². The van der Waals surface area contributed by atoms with Crippen LogP contribution in [0.25, 0.3) is 0 Å². The van der Waals surface area contributed by atoms with Crippen LogP contribution in [-0.4, -0.2) is 21.9 Å². The Bertz CT molecular complexity index is 377. The summed E-state index contributed by atoms with van der Waals surface area (Å²) in [5.74, 6) is 0. The lowest BCUT2D eigenvalue weighted by Gasteiger charge is -2.20. The van der Waals surface area contributed by atoms with Gasteiger partial charge in [0.2, 0.25) is 0 Å². The summed E-state index contributed by atoms with van der Waals surface area (Å²) in [5, 5.41) is 8.15. The van der Waals surface area contributed by atoms with Crippen LogP contribution in [0.3, 0.4) is 0 Å². The molecule has 104 valence electrons. The Morgan fingerprint density at radius 3 is 2.44 bits per heavy atom. The van der Waals surface area contributed by atoms with Crippen LogP contribution in [0.4, 0.5) is 0 Å². The number of aryl methyl sites for hydroxylation is 2. The van der Waals surface area contributed by atoms with E-state index in [1.54, 1.807) is 0 Å². The third-order valence-corrected chi connectivity index (χ3v) is 3.86. The molecule has 1 rings (SSSR count). The summed E-state index contributed by atoms with van der Waals surface area (Å²) in [6, 6.07) is 0. The highest BCUT2D eigenvalue weighted by molar-refractivity contribution is 9.10. The molecule has 1 N–H and O–H groups in total. The van der Waals surface area contributed by atoms with Gasteiger partial charge >= 0.3 is 0 Å². The predicted octanol–water partition coefficient (Wildman–Crippen LogP) is 3.55. The fraction of sp³-hybridized carbons (Fsp3) is 0.786. The number of nitrogens with zero attached hydrogens (tertiary/aromatic N) is 2. The molecule has 0 aliphatic carbocycles. The van der Waals surface area contributed by atoms with Gasteiger partial charge in [-0.3, -0.25) is 4.68 Å². The molecule has 1 aromatic rings. The zero-order chi connectivity index (χ0) is 13.8. The lowest BCUT2D eigenvalue weighted by atomic mass is 10.1. The van der Waals surface area contributed by atoms with Crippen LogP contribution in [0.1, 0.15) is 52.4 Å². The van der Waals surface area contributed by atoms with Gasteiger partial charge in [0.25, 0.3) is 0 Å². The summed E-state index contributed by atoms with van der Waals surface area (Å²) in [7, 11) is 0. The fourth-order valence-corrected chi connectivity index (χ4v) is 2.74. The first-order chi connectivity index (χ1) is 8.39. The van der Waals surface area contributed by atoms with Crippen LogP contribution >= 0.6 is 15.9 Å². The molecule has 0 atom stereocenters. The van der Waals surface area contributed by atoms with Crippen molar-refractivity contribution in [1.29, 1.82) is 0 Å². The first kappa shape index (κ1) is 15.7. The van der Waals surface area contributed by atoms with Gasteiger partial charge in [-0.15, -0.1) is 0 Å². The second kappa shape index (κ2) is 6.71. The van der Waals surface area contributed by atoms with Gasteiger partial charge in [-0.2, -0.15) is 5.10 Å². The third-order valence-electron chi connectivity index (χ3n) is 2.94. The predicted molar refractivity (Wildman–Crippen MR) is 81.1 cm³/mol. The maximum atomic E-state index is 4.62. The molecular formula is C14H26BrN3. The van der Waals surface area contributed by atoms with E-state index in [1.807, 2.05) is 0 Å². The average Bonchev–Trinajstić information content (AvgIpc) is 2.60. The van der Waals surface area contributed by atoms with Crippen LogP contribution in [0, 0.1) is 0 Å². The largest absolute Gasteiger partial charge is 0.312 e. The van der Waals surface area contributed by atoms with E-state index < -0.39 is 0 Å². The number of rotatable bonds is 6. The second-order valence-corrected chi connectivity index (χ2v) is 6.45. The zero-order valence-electron chi connectivity index (χ0n) is 12.3. The van der Waals surface area contributed by atoms with Crippen molar-refractivity contribution in [2.45, 2.75) is 66.0 Å². The van der Waals surface area contributed by atoms with E-state index in [2.05, 4.69) is 65.6 Å². The van der Waals surface area contributed by atoms with E-state index >= 15 is 0 Å². The third kappa shape index (κ3) is 4.39. The van der Waals surface area contributed by atoms with Crippen molar-refractivity contribution in [2.24, 2.45) is 0 Å². The smallest absolute Gasteiger partial charge is 0.0766 e. The molecule has 0 aromatic carbocycles. The summed E-state index contributed by atoms with van der Waals surface area (Å²) in [4.78, 5) is 0. The van der Waals surface area contributed by atoms with Crippen molar-refractivity contribution in [2.75, 3.05) is 6.54 Å². The zero-order valence-corrected chi connectivity index (χ0v) is 13.9. The molecule has 0 bridgehead atoms. The van der Waals surface area contributed by atoms with Gasteiger partial charge in [0, 0.05) is 12.1 Å². The Labute approximate surface area is 119 Å². The Morgan fingerprint density at radius 2 is 1.94 bits per heavy atom. The summed E-state index contributed by atoms with van der Waals surface area (Å²) >= 11 is 3.69. The van der Waals surface area contributed by atoms with Crippen LogP contribution in [0.5, 0.6) is 0 Å². The lowest BCUT2D eigenvalue weighted by Crippen LogP contribution is -2.36. The molecule has 1 heterocycles. The molecule has 0 unspecified atom stereocenters. The first-order valence-electron chi connectivity index (χ1n) is 6.88. The van der Waals surface area contributed by atoms with E-state index in [9.17, 15) is 0 Å².